The Labute approximate surface area is 87.9 Å². The predicted molar refractivity (Wildman–Crippen MR) is 55.8 cm³/mol. The van der Waals surface area contributed by atoms with E-state index < -0.39 is 6.10 Å². The van der Waals surface area contributed by atoms with Crippen LogP contribution in [0.25, 0.3) is 0 Å². The third-order valence-corrected chi connectivity index (χ3v) is 2.22. The molecule has 78 valence electrons. The summed E-state index contributed by atoms with van der Waals surface area (Å²) in [4.78, 5) is 0. The highest BCUT2D eigenvalue weighted by Crippen LogP contribution is 2.24. The number of hydrogen-bond acceptors (Lipinski definition) is 3. The lowest BCUT2D eigenvalue weighted by Gasteiger charge is -2.09. The third-order valence-electron chi connectivity index (χ3n) is 2.22. The van der Waals surface area contributed by atoms with Gasteiger partial charge in [-0.1, -0.05) is 12.1 Å². The summed E-state index contributed by atoms with van der Waals surface area (Å²) in [5.41, 5.74) is 0.754. The quantitative estimate of drug-likeness (QED) is 0.834. The van der Waals surface area contributed by atoms with E-state index in [1.165, 1.54) is 0 Å². The molecule has 2 rings (SSSR count). The van der Waals surface area contributed by atoms with Crippen LogP contribution < -0.4 is 4.74 Å². The fourth-order valence-corrected chi connectivity index (χ4v) is 1.42. The van der Waals surface area contributed by atoms with Gasteiger partial charge in [-0.3, -0.25) is 0 Å². The van der Waals surface area contributed by atoms with Crippen LogP contribution >= 0.6 is 0 Å². The lowest BCUT2D eigenvalue weighted by molar-refractivity contribution is 0.189. The van der Waals surface area contributed by atoms with Crippen molar-refractivity contribution in [2.75, 3.05) is 7.11 Å². The second kappa shape index (κ2) is 4.19. The monoisotopic (exact) mass is 204 g/mol. The molecule has 0 aliphatic rings. The summed E-state index contributed by atoms with van der Waals surface area (Å²) >= 11 is 0. The topological polar surface area (TPSA) is 42.6 Å². The summed E-state index contributed by atoms with van der Waals surface area (Å²) in [6.45, 7) is 0. The molecule has 0 saturated carbocycles. The Morgan fingerprint density at radius 1 is 1.27 bits per heavy atom. The van der Waals surface area contributed by atoms with Gasteiger partial charge >= 0.3 is 0 Å². The molecular formula is C12H12O3. The predicted octanol–water partition coefficient (Wildman–Crippen LogP) is 2.37. The molecule has 0 fully saturated rings. The maximum Gasteiger partial charge on any atom is 0.137 e. The Morgan fingerprint density at radius 3 is 2.80 bits per heavy atom. The molecule has 0 saturated heterocycles. The molecule has 3 heteroatoms. The average molecular weight is 204 g/mol. The number of benzene rings is 1. The number of methoxy groups -OCH3 is 1. The zero-order valence-electron chi connectivity index (χ0n) is 8.38. The van der Waals surface area contributed by atoms with Crippen molar-refractivity contribution < 1.29 is 14.3 Å². The van der Waals surface area contributed by atoms with Crippen molar-refractivity contribution in [3.05, 3.63) is 54.0 Å². The molecule has 1 heterocycles. The average Bonchev–Trinajstić information content (AvgIpc) is 2.81. The van der Waals surface area contributed by atoms with Gasteiger partial charge in [-0.15, -0.1) is 0 Å². The summed E-state index contributed by atoms with van der Waals surface area (Å²) in [5.74, 6) is 1.25. The molecule has 3 nitrogen and oxygen atoms in total. The summed E-state index contributed by atoms with van der Waals surface area (Å²) in [7, 11) is 1.60. The van der Waals surface area contributed by atoms with Crippen molar-refractivity contribution in [3.8, 4) is 5.75 Å². The number of ether oxygens (including phenoxy) is 1. The minimum absolute atomic E-state index is 0.531. The normalized spacial score (nSPS) is 12.4. The molecule has 2 aromatic rings. The smallest absolute Gasteiger partial charge is 0.137 e. The lowest BCUT2D eigenvalue weighted by Crippen LogP contribution is -1.98. The zero-order chi connectivity index (χ0) is 10.7. The molecule has 1 atom stereocenters. The summed E-state index contributed by atoms with van der Waals surface area (Å²) in [6.07, 6.45) is 0.800. The highest BCUT2D eigenvalue weighted by atomic mass is 16.5. The molecule has 0 bridgehead atoms. The van der Waals surface area contributed by atoms with Crippen LogP contribution in [0.4, 0.5) is 0 Å². The summed E-state index contributed by atoms with van der Waals surface area (Å²) < 4.78 is 10.2. The van der Waals surface area contributed by atoms with E-state index in [0.717, 1.165) is 11.3 Å². The number of hydrogen-bond donors (Lipinski definition) is 1. The van der Waals surface area contributed by atoms with E-state index in [9.17, 15) is 5.11 Å². The van der Waals surface area contributed by atoms with Crippen LogP contribution in [0.3, 0.4) is 0 Å². The molecule has 1 aromatic heterocycles. The van der Waals surface area contributed by atoms with Gasteiger partial charge in [-0.2, -0.15) is 0 Å². The molecule has 1 aromatic carbocycles. The second-order valence-electron chi connectivity index (χ2n) is 3.19. The molecule has 0 aliphatic heterocycles. The van der Waals surface area contributed by atoms with Crippen LogP contribution in [0.2, 0.25) is 0 Å². The van der Waals surface area contributed by atoms with Gasteiger partial charge in [0.05, 0.1) is 13.4 Å². The van der Waals surface area contributed by atoms with Crippen LogP contribution in [0.1, 0.15) is 17.4 Å². The Bertz CT molecular complexity index is 420. The Kier molecular flexibility index (Phi) is 2.74. The van der Waals surface area contributed by atoms with Crippen molar-refractivity contribution in [3.63, 3.8) is 0 Å². The Balaban J connectivity index is 2.29. The van der Waals surface area contributed by atoms with Crippen molar-refractivity contribution in [1.82, 2.24) is 0 Å². The number of aliphatic hydroxyl groups excluding tert-OH is 1. The van der Waals surface area contributed by atoms with Gasteiger partial charge in [0.1, 0.15) is 17.6 Å². The van der Waals surface area contributed by atoms with E-state index in [0.29, 0.717) is 5.76 Å². The van der Waals surface area contributed by atoms with Crippen molar-refractivity contribution >= 4 is 0 Å². The standard InChI is InChI=1S/C12H12O3/c1-14-10-5-2-4-9(8-10)12(13)11-6-3-7-15-11/h2-8,12-13H,1H3. The molecular weight excluding hydrogens is 192 g/mol. The van der Waals surface area contributed by atoms with Crippen LogP contribution in [-0.4, -0.2) is 12.2 Å². The van der Waals surface area contributed by atoms with Crippen molar-refractivity contribution in [2.24, 2.45) is 0 Å². The fourth-order valence-electron chi connectivity index (χ4n) is 1.42. The lowest BCUT2D eigenvalue weighted by atomic mass is 10.1. The highest BCUT2D eigenvalue weighted by molar-refractivity contribution is 5.32. The molecule has 1 N–H and O–H groups in total. The van der Waals surface area contributed by atoms with Gasteiger partial charge in [-0.25, -0.2) is 0 Å². The highest BCUT2D eigenvalue weighted by Gasteiger charge is 2.13. The van der Waals surface area contributed by atoms with E-state index in [1.54, 1.807) is 31.6 Å². The maximum atomic E-state index is 9.95. The van der Waals surface area contributed by atoms with Gasteiger partial charge in [0, 0.05) is 0 Å². The molecule has 15 heavy (non-hydrogen) atoms. The largest absolute Gasteiger partial charge is 0.497 e. The van der Waals surface area contributed by atoms with E-state index in [4.69, 9.17) is 9.15 Å². The number of rotatable bonds is 3. The Hall–Kier alpha value is -1.74. The Morgan fingerprint density at radius 2 is 2.13 bits per heavy atom. The van der Waals surface area contributed by atoms with Crippen LogP contribution in [-0.2, 0) is 0 Å². The molecule has 0 amide bonds. The van der Waals surface area contributed by atoms with Crippen molar-refractivity contribution in [2.45, 2.75) is 6.10 Å². The van der Waals surface area contributed by atoms with E-state index >= 15 is 0 Å². The van der Waals surface area contributed by atoms with Crippen LogP contribution in [0.15, 0.2) is 47.1 Å². The van der Waals surface area contributed by atoms with Gasteiger partial charge in [0.25, 0.3) is 0 Å². The number of aliphatic hydroxyl groups is 1. The molecule has 0 spiro atoms. The first-order chi connectivity index (χ1) is 7.31. The summed E-state index contributed by atoms with van der Waals surface area (Å²) in [6, 6.07) is 10.8. The molecule has 0 radical (unpaired) electrons. The fraction of sp³-hybridized carbons (Fsp3) is 0.167. The van der Waals surface area contributed by atoms with Gasteiger partial charge in [-0.05, 0) is 29.8 Å². The van der Waals surface area contributed by atoms with E-state index in [-0.39, 0.29) is 0 Å². The van der Waals surface area contributed by atoms with Gasteiger partial charge in [0.15, 0.2) is 0 Å². The SMILES string of the molecule is COc1cccc(C(O)c2ccco2)c1. The minimum atomic E-state index is -0.741. The first kappa shape index (κ1) is 9.80. The van der Waals surface area contributed by atoms with Crippen molar-refractivity contribution in [1.29, 1.82) is 0 Å². The minimum Gasteiger partial charge on any atom is -0.497 e. The van der Waals surface area contributed by atoms with Gasteiger partial charge < -0.3 is 14.3 Å². The number of furan rings is 1. The third kappa shape index (κ3) is 2.02. The molecule has 1 unspecified atom stereocenters. The second-order valence-corrected chi connectivity index (χ2v) is 3.19. The maximum absolute atomic E-state index is 9.95. The first-order valence-corrected chi connectivity index (χ1v) is 4.66. The van der Waals surface area contributed by atoms with Gasteiger partial charge in [0.2, 0.25) is 0 Å². The van der Waals surface area contributed by atoms with Crippen LogP contribution in [0.5, 0.6) is 5.75 Å². The van der Waals surface area contributed by atoms with E-state index in [2.05, 4.69) is 0 Å². The zero-order valence-corrected chi connectivity index (χ0v) is 8.38. The summed E-state index contributed by atoms with van der Waals surface area (Å²) in [5, 5.41) is 9.95. The van der Waals surface area contributed by atoms with E-state index in [1.807, 2.05) is 18.2 Å². The molecule has 0 aliphatic carbocycles. The first-order valence-electron chi connectivity index (χ1n) is 4.66. The van der Waals surface area contributed by atoms with Crippen LogP contribution in [0, 0.1) is 0 Å².